The van der Waals surface area contributed by atoms with Crippen LogP contribution in [0.1, 0.15) is 19.4 Å². The molecule has 65 valence electrons. The van der Waals surface area contributed by atoms with Gasteiger partial charge >= 0.3 is 0 Å². The van der Waals surface area contributed by atoms with Gasteiger partial charge in [-0.1, -0.05) is 31.5 Å². The first-order valence-corrected chi connectivity index (χ1v) is 4.17. The highest BCUT2D eigenvalue weighted by Gasteiger charge is 2.04. The third-order valence-corrected chi connectivity index (χ3v) is 2.04. The lowest BCUT2D eigenvalue weighted by Gasteiger charge is -2.08. The Bertz CT molecular complexity index is 269. The van der Waals surface area contributed by atoms with Gasteiger partial charge in [0.2, 0.25) is 0 Å². The molecule has 0 amide bonds. The van der Waals surface area contributed by atoms with Crippen molar-refractivity contribution in [3.63, 3.8) is 0 Å². The Morgan fingerprint density at radius 3 is 2.50 bits per heavy atom. The fourth-order valence-electron chi connectivity index (χ4n) is 0.971. The highest BCUT2D eigenvalue weighted by Crippen LogP contribution is 2.27. The fraction of sp³-hybridized carbons (Fsp3) is 0.300. The van der Waals surface area contributed by atoms with Gasteiger partial charge in [-0.15, -0.1) is 0 Å². The van der Waals surface area contributed by atoms with Crippen LogP contribution in [0.15, 0.2) is 18.2 Å². The molecule has 0 bridgehead atoms. The van der Waals surface area contributed by atoms with Crippen LogP contribution >= 0.6 is 11.6 Å². The summed E-state index contributed by atoms with van der Waals surface area (Å²) in [5, 5.41) is 0.655. The third kappa shape index (κ3) is 1.92. The summed E-state index contributed by atoms with van der Waals surface area (Å²) in [6, 6.07) is 5.78. The van der Waals surface area contributed by atoms with E-state index in [1.165, 1.54) is 5.92 Å². The highest BCUT2D eigenvalue weighted by atomic mass is 35.5. The van der Waals surface area contributed by atoms with E-state index in [-0.39, 0.29) is 0 Å². The van der Waals surface area contributed by atoms with Crippen molar-refractivity contribution in [3.8, 4) is 5.75 Å². The molecule has 0 aromatic heterocycles. The van der Waals surface area contributed by atoms with E-state index in [4.69, 9.17) is 16.3 Å². The zero-order chi connectivity index (χ0) is 9.14. The molecule has 0 aliphatic heterocycles. The predicted molar refractivity (Wildman–Crippen MR) is 51.7 cm³/mol. The van der Waals surface area contributed by atoms with E-state index in [1.807, 2.05) is 18.2 Å². The van der Waals surface area contributed by atoms with Crippen LogP contribution in [0.5, 0.6) is 5.75 Å². The maximum absolute atomic E-state index is 5.87. The summed E-state index contributed by atoms with van der Waals surface area (Å²) in [6.07, 6.45) is 0. The minimum Gasteiger partial charge on any atom is -0.495 e. The van der Waals surface area contributed by atoms with Crippen molar-refractivity contribution in [2.24, 2.45) is 0 Å². The number of rotatable bonds is 2. The molecular formula is C10H12ClO. The Hall–Kier alpha value is -0.690. The lowest BCUT2D eigenvalue weighted by molar-refractivity contribution is 0.414. The molecule has 0 saturated carbocycles. The molecule has 0 N–H and O–H groups in total. The molecule has 0 aliphatic rings. The SMILES string of the molecule is COc1cc([C](C)C)ccc1Cl. The second-order valence-electron chi connectivity index (χ2n) is 2.85. The molecule has 2 heteroatoms. The van der Waals surface area contributed by atoms with Gasteiger partial charge in [-0.2, -0.15) is 0 Å². The third-order valence-electron chi connectivity index (χ3n) is 1.73. The average molecular weight is 184 g/mol. The number of ether oxygens (including phenoxy) is 1. The first-order valence-electron chi connectivity index (χ1n) is 3.79. The summed E-state index contributed by atoms with van der Waals surface area (Å²) in [5.41, 5.74) is 1.16. The molecule has 0 atom stereocenters. The highest BCUT2D eigenvalue weighted by molar-refractivity contribution is 6.32. The molecule has 1 radical (unpaired) electrons. The molecular weight excluding hydrogens is 172 g/mol. The summed E-state index contributed by atoms with van der Waals surface area (Å²) in [4.78, 5) is 0. The van der Waals surface area contributed by atoms with Gasteiger partial charge in [0, 0.05) is 0 Å². The molecule has 1 rings (SSSR count). The number of halogens is 1. The van der Waals surface area contributed by atoms with Crippen molar-refractivity contribution in [2.75, 3.05) is 7.11 Å². The number of benzene rings is 1. The van der Waals surface area contributed by atoms with Gasteiger partial charge in [-0.3, -0.25) is 0 Å². The lowest BCUT2D eigenvalue weighted by Crippen LogP contribution is -1.90. The van der Waals surface area contributed by atoms with Gasteiger partial charge < -0.3 is 4.74 Å². The van der Waals surface area contributed by atoms with Crippen LogP contribution in [0.3, 0.4) is 0 Å². The van der Waals surface area contributed by atoms with Gasteiger partial charge in [0.15, 0.2) is 0 Å². The van der Waals surface area contributed by atoms with Crippen molar-refractivity contribution >= 4 is 11.6 Å². The summed E-state index contributed by atoms with van der Waals surface area (Å²) < 4.78 is 5.09. The number of hydrogen-bond donors (Lipinski definition) is 0. The zero-order valence-corrected chi connectivity index (χ0v) is 8.27. The zero-order valence-electron chi connectivity index (χ0n) is 7.52. The Kier molecular flexibility index (Phi) is 2.99. The first kappa shape index (κ1) is 9.40. The Morgan fingerprint density at radius 2 is 2.00 bits per heavy atom. The Balaban J connectivity index is 3.05. The molecule has 0 unspecified atom stereocenters. The van der Waals surface area contributed by atoms with E-state index < -0.39 is 0 Å². The number of hydrogen-bond acceptors (Lipinski definition) is 1. The quantitative estimate of drug-likeness (QED) is 0.684. The topological polar surface area (TPSA) is 9.23 Å². The first-order chi connectivity index (χ1) is 5.65. The van der Waals surface area contributed by atoms with E-state index >= 15 is 0 Å². The van der Waals surface area contributed by atoms with E-state index in [1.54, 1.807) is 7.11 Å². The second-order valence-corrected chi connectivity index (χ2v) is 3.26. The maximum atomic E-state index is 5.87. The van der Waals surface area contributed by atoms with Crippen LogP contribution in [0, 0.1) is 5.92 Å². The maximum Gasteiger partial charge on any atom is 0.137 e. The molecule has 1 aromatic rings. The van der Waals surface area contributed by atoms with Gasteiger partial charge in [0.25, 0.3) is 0 Å². The molecule has 0 saturated heterocycles. The Morgan fingerprint density at radius 1 is 1.33 bits per heavy atom. The van der Waals surface area contributed by atoms with Gasteiger partial charge in [-0.25, -0.2) is 0 Å². The van der Waals surface area contributed by atoms with Crippen LogP contribution < -0.4 is 4.74 Å². The minimum absolute atomic E-state index is 0.655. The summed E-state index contributed by atoms with van der Waals surface area (Å²) >= 11 is 5.87. The lowest BCUT2D eigenvalue weighted by atomic mass is 10.0. The van der Waals surface area contributed by atoms with Crippen molar-refractivity contribution in [1.29, 1.82) is 0 Å². The molecule has 0 aliphatic carbocycles. The monoisotopic (exact) mass is 183 g/mol. The van der Waals surface area contributed by atoms with Crippen molar-refractivity contribution in [1.82, 2.24) is 0 Å². The molecule has 0 heterocycles. The summed E-state index contributed by atoms with van der Waals surface area (Å²) in [7, 11) is 1.62. The molecule has 0 fully saturated rings. The van der Waals surface area contributed by atoms with Gasteiger partial charge in [0.1, 0.15) is 5.75 Å². The summed E-state index contributed by atoms with van der Waals surface area (Å²) in [5.74, 6) is 1.99. The summed E-state index contributed by atoms with van der Waals surface area (Å²) in [6.45, 7) is 4.12. The largest absolute Gasteiger partial charge is 0.495 e. The molecule has 1 aromatic carbocycles. The predicted octanol–water partition coefficient (Wildman–Crippen LogP) is 3.31. The van der Waals surface area contributed by atoms with E-state index in [0.717, 1.165) is 11.3 Å². The standard InChI is InChI=1S/C10H12ClO/c1-7(2)8-4-5-9(11)10(6-8)12-3/h4-6H,1-3H3. The van der Waals surface area contributed by atoms with Crippen LogP contribution in [0.25, 0.3) is 0 Å². The van der Waals surface area contributed by atoms with E-state index in [2.05, 4.69) is 13.8 Å². The van der Waals surface area contributed by atoms with Gasteiger partial charge in [-0.05, 0) is 23.6 Å². The number of methoxy groups -OCH3 is 1. The van der Waals surface area contributed by atoms with Crippen molar-refractivity contribution in [3.05, 3.63) is 34.7 Å². The molecule has 1 nitrogen and oxygen atoms in total. The van der Waals surface area contributed by atoms with Gasteiger partial charge in [0.05, 0.1) is 12.1 Å². The van der Waals surface area contributed by atoms with Crippen LogP contribution in [0.2, 0.25) is 5.02 Å². The normalized spacial score (nSPS) is 10.4. The average Bonchev–Trinajstić information content (AvgIpc) is 2.05. The molecule has 12 heavy (non-hydrogen) atoms. The van der Waals surface area contributed by atoms with E-state index in [0.29, 0.717) is 5.02 Å². The smallest absolute Gasteiger partial charge is 0.137 e. The van der Waals surface area contributed by atoms with E-state index in [9.17, 15) is 0 Å². The Labute approximate surface area is 78.3 Å². The minimum atomic E-state index is 0.655. The van der Waals surface area contributed by atoms with Crippen molar-refractivity contribution in [2.45, 2.75) is 13.8 Å². The fourth-order valence-corrected chi connectivity index (χ4v) is 1.17. The second kappa shape index (κ2) is 3.81. The van der Waals surface area contributed by atoms with Crippen LogP contribution in [-0.2, 0) is 0 Å². The molecule has 0 spiro atoms. The van der Waals surface area contributed by atoms with Crippen LogP contribution in [0.4, 0.5) is 0 Å². The van der Waals surface area contributed by atoms with Crippen molar-refractivity contribution < 1.29 is 4.74 Å². The van der Waals surface area contributed by atoms with Crippen LogP contribution in [-0.4, -0.2) is 7.11 Å².